The van der Waals surface area contributed by atoms with Crippen LogP contribution in [0.3, 0.4) is 0 Å². The van der Waals surface area contributed by atoms with Gasteiger partial charge in [-0.05, 0) is 12.8 Å². The highest BCUT2D eigenvalue weighted by Gasteiger charge is 2.36. The molecule has 0 aliphatic heterocycles. The zero-order valence-electron chi connectivity index (χ0n) is 7.04. The predicted molar refractivity (Wildman–Crippen MR) is 40.5 cm³/mol. The third kappa shape index (κ3) is 1.84. The average Bonchev–Trinajstić information content (AvgIpc) is 2.56. The molecule has 1 fully saturated rings. The second kappa shape index (κ2) is 3.05. The highest BCUT2D eigenvalue weighted by molar-refractivity contribution is 4.93. The molecule has 72 valence electrons. The molecule has 13 heavy (non-hydrogen) atoms. The van der Waals surface area contributed by atoms with Gasteiger partial charge in [-0.1, -0.05) is 5.16 Å². The zero-order valence-corrected chi connectivity index (χ0v) is 7.04. The van der Waals surface area contributed by atoms with Crippen molar-refractivity contribution in [2.75, 3.05) is 0 Å². The van der Waals surface area contributed by atoms with Gasteiger partial charge < -0.3 is 4.52 Å². The Kier molecular flexibility index (Phi) is 2.01. The van der Waals surface area contributed by atoms with E-state index in [1.165, 1.54) is 6.33 Å². The number of nitrogens with zero attached hydrogens (tertiary/aromatic N) is 2. The quantitative estimate of drug-likeness (QED) is 0.679. The minimum atomic E-state index is -2.49. The van der Waals surface area contributed by atoms with Crippen molar-refractivity contribution < 1.29 is 13.3 Å². The van der Waals surface area contributed by atoms with Crippen LogP contribution in [0.4, 0.5) is 8.78 Å². The summed E-state index contributed by atoms with van der Waals surface area (Å²) in [7, 11) is 0. The molecule has 0 atom stereocenters. The topological polar surface area (TPSA) is 38.9 Å². The van der Waals surface area contributed by atoms with Crippen molar-refractivity contribution in [2.24, 2.45) is 0 Å². The molecule has 0 radical (unpaired) electrons. The van der Waals surface area contributed by atoms with Crippen LogP contribution in [0.1, 0.15) is 37.5 Å². The SMILES string of the molecule is FC1(F)CCC(c2ncno2)CC1. The summed E-state index contributed by atoms with van der Waals surface area (Å²) in [6.07, 6.45) is 2.05. The molecule has 5 heteroatoms. The molecule has 0 N–H and O–H groups in total. The van der Waals surface area contributed by atoms with E-state index in [9.17, 15) is 8.78 Å². The Morgan fingerprint density at radius 1 is 1.38 bits per heavy atom. The second-order valence-corrected chi connectivity index (χ2v) is 3.41. The Labute approximate surface area is 74.1 Å². The van der Waals surface area contributed by atoms with Gasteiger partial charge >= 0.3 is 0 Å². The molecule has 0 spiro atoms. The van der Waals surface area contributed by atoms with E-state index in [2.05, 4.69) is 10.1 Å². The van der Waals surface area contributed by atoms with Crippen LogP contribution in [0.25, 0.3) is 0 Å². The first-order chi connectivity index (χ1) is 6.17. The van der Waals surface area contributed by atoms with E-state index in [1.807, 2.05) is 0 Å². The molecular formula is C8H10F2N2O. The lowest BCUT2D eigenvalue weighted by molar-refractivity contribution is -0.0402. The molecule has 1 aliphatic rings. The van der Waals surface area contributed by atoms with Gasteiger partial charge in [-0.3, -0.25) is 0 Å². The average molecular weight is 188 g/mol. The Hall–Kier alpha value is -1.00. The molecule has 0 amide bonds. The summed E-state index contributed by atoms with van der Waals surface area (Å²) in [5.41, 5.74) is 0. The van der Waals surface area contributed by atoms with Crippen molar-refractivity contribution in [2.45, 2.75) is 37.5 Å². The van der Waals surface area contributed by atoms with Crippen molar-refractivity contribution >= 4 is 0 Å². The van der Waals surface area contributed by atoms with Crippen LogP contribution in [0, 0.1) is 0 Å². The van der Waals surface area contributed by atoms with Gasteiger partial charge in [-0.15, -0.1) is 0 Å². The summed E-state index contributed by atoms with van der Waals surface area (Å²) < 4.78 is 30.3. The van der Waals surface area contributed by atoms with Crippen molar-refractivity contribution in [3.05, 3.63) is 12.2 Å². The summed E-state index contributed by atoms with van der Waals surface area (Å²) in [5, 5.41) is 3.46. The fourth-order valence-corrected chi connectivity index (χ4v) is 1.65. The predicted octanol–water partition coefficient (Wildman–Crippen LogP) is 2.36. The zero-order chi connectivity index (χ0) is 9.31. The van der Waals surface area contributed by atoms with Gasteiger partial charge in [-0.2, -0.15) is 4.98 Å². The van der Waals surface area contributed by atoms with Gasteiger partial charge in [0.2, 0.25) is 11.8 Å². The Morgan fingerprint density at radius 2 is 2.08 bits per heavy atom. The summed E-state index contributed by atoms with van der Waals surface area (Å²) in [6.45, 7) is 0. The molecule has 1 heterocycles. The molecule has 2 rings (SSSR count). The van der Waals surface area contributed by atoms with E-state index in [0.717, 1.165) is 0 Å². The highest BCUT2D eigenvalue weighted by Crippen LogP contribution is 2.39. The van der Waals surface area contributed by atoms with Crippen molar-refractivity contribution in [3.8, 4) is 0 Å². The lowest BCUT2D eigenvalue weighted by Gasteiger charge is -2.25. The monoisotopic (exact) mass is 188 g/mol. The van der Waals surface area contributed by atoms with Crippen molar-refractivity contribution in [3.63, 3.8) is 0 Å². The Bertz CT molecular complexity index is 264. The van der Waals surface area contributed by atoms with Gasteiger partial charge in [0.15, 0.2) is 6.33 Å². The van der Waals surface area contributed by atoms with Crippen LogP contribution in [0.15, 0.2) is 10.9 Å². The molecule has 1 aliphatic carbocycles. The lowest BCUT2D eigenvalue weighted by atomic mass is 9.87. The van der Waals surface area contributed by atoms with Crippen LogP contribution >= 0.6 is 0 Å². The second-order valence-electron chi connectivity index (χ2n) is 3.41. The van der Waals surface area contributed by atoms with Crippen LogP contribution in [0.5, 0.6) is 0 Å². The van der Waals surface area contributed by atoms with Gasteiger partial charge in [0.05, 0.1) is 0 Å². The first-order valence-corrected chi connectivity index (χ1v) is 4.32. The molecule has 3 nitrogen and oxygen atoms in total. The molecule has 1 aromatic heterocycles. The summed E-state index contributed by atoms with van der Waals surface area (Å²) in [5.74, 6) is -1.96. The van der Waals surface area contributed by atoms with E-state index in [4.69, 9.17) is 4.52 Å². The van der Waals surface area contributed by atoms with Crippen LogP contribution in [-0.2, 0) is 0 Å². The summed E-state index contributed by atoms with van der Waals surface area (Å²) in [6, 6.07) is 0. The largest absolute Gasteiger partial charge is 0.339 e. The molecule has 1 saturated carbocycles. The third-order valence-corrected chi connectivity index (χ3v) is 2.44. The van der Waals surface area contributed by atoms with Crippen LogP contribution < -0.4 is 0 Å². The number of alkyl halides is 2. The first-order valence-electron chi connectivity index (χ1n) is 4.32. The van der Waals surface area contributed by atoms with Crippen molar-refractivity contribution in [1.29, 1.82) is 0 Å². The van der Waals surface area contributed by atoms with Gasteiger partial charge in [0.1, 0.15) is 0 Å². The molecule has 1 aromatic rings. The van der Waals surface area contributed by atoms with Crippen molar-refractivity contribution in [1.82, 2.24) is 10.1 Å². The number of hydrogen-bond acceptors (Lipinski definition) is 3. The maximum atomic E-state index is 12.8. The standard InChI is InChI=1S/C8H10F2N2O/c9-8(10)3-1-6(2-4-8)7-11-5-12-13-7/h5-6H,1-4H2. The third-order valence-electron chi connectivity index (χ3n) is 2.44. The fourth-order valence-electron chi connectivity index (χ4n) is 1.65. The molecule has 0 unspecified atom stereocenters. The van der Waals surface area contributed by atoms with Crippen LogP contribution in [0.2, 0.25) is 0 Å². The summed E-state index contributed by atoms with van der Waals surface area (Å²) in [4.78, 5) is 3.86. The minimum Gasteiger partial charge on any atom is -0.339 e. The molecular weight excluding hydrogens is 178 g/mol. The van der Waals surface area contributed by atoms with Gasteiger partial charge in [0.25, 0.3) is 0 Å². The molecule has 0 bridgehead atoms. The van der Waals surface area contributed by atoms with E-state index in [-0.39, 0.29) is 18.8 Å². The normalized spacial score (nSPS) is 23.2. The Morgan fingerprint density at radius 3 is 2.62 bits per heavy atom. The number of halogens is 2. The molecule has 0 aromatic carbocycles. The van der Waals surface area contributed by atoms with Gasteiger partial charge in [-0.25, -0.2) is 8.78 Å². The molecule has 0 saturated heterocycles. The van der Waals surface area contributed by atoms with Crippen LogP contribution in [-0.4, -0.2) is 16.1 Å². The maximum absolute atomic E-state index is 12.8. The number of rotatable bonds is 1. The fraction of sp³-hybridized carbons (Fsp3) is 0.750. The number of hydrogen-bond donors (Lipinski definition) is 0. The Balaban J connectivity index is 1.99. The minimum absolute atomic E-state index is 0.0297. The maximum Gasteiger partial charge on any atom is 0.248 e. The lowest BCUT2D eigenvalue weighted by Crippen LogP contribution is -2.23. The van der Waals surface area contributed by atoms with E-state index in [1.54, 1.807) is 0 Å². The van der Waals surface area contributed by atoms with Gasteiger partial charge in [0, 0.05) is 18.8 Å². The smallest absolute Gasteiger partial charge is 0.248 e. The first kappa shape index (κ1) is 8.59. The summed E-state index contributed by atoms with van der Waals surface area (Å²) >= 11 is 0. The van der Waals surface area contributed by atoms with E-state index < -0.39 is 5.92 Å². The number of aromatic nitrogens is 2. The van der Waals surface area contributed by atoms with E-state index in [0.29, 0.717) is 18.7 Å². The highest BCUT2D eigenvalue weighted by atomic mass is 19.3. The van der Waals surface area contributed by atoms with E-state index >= 15 is 0 Å².